The normalized spacial score (nSPS) is 15.5. The first-order chi connectivity index (χ1) is 22.5. The zero-order chi connectivity index (χ0) is 36.2. The summed E-state index contributed by atoms with van der Waals surface area (Å²) in [4.78, 5) is 58.4. The van der Waals surface area contributed by atoms with Crippen LogP contribution in [0.5, 0.6) is 0 Å². The van der Waals surface area contributed by atoms with Crippen LogP contribution < -0.4 is 5.32 Å². The maximum atomic E-state index is 13.8. The number of aromatic nitrogens is 1. The van der Waals surface area contributed by atoms with Gasteiger partial charge in [0.15, 0.2) is 0 Å². The molecule has 0 unspecified atom stereocenters. The Balaban J connectivity index is 2.18. The molecule has 2 N–H and O–H groups in total. The lowest BCUT2D eigenvalue weighted by molar-refractivity contribution is -0.159. The number of rotatable bonds is 18. The van der Waals surface area contributed by atoms with E-state index in [1.807, 2.05) is 58.0 Å². The van der Waals surface area contributed by atoms with Crippen LogP contribution in [-0.2, 0) is 30.3 Å². The second kappa shape index (κ2) is 19.0. The van der Waals surface area contributed by atoms with Crippen molar-refractivity contribution in [3.8, 4) is 0 Å². The van der Waals surface area contributed by atoms with Gasteiger partial charge in [0, 0.05) is 30.9 Å². The Labute approximate surface area is 291 Å². The molecular formula is C37H57N3O7S. The van der Waals surface area contributed by atoms with Crippen LogP contribution in [0, 0.1) is 23.7 Å². The van der Waals surface area contributed by atoms with Gasteiger partial charge in [-0.1, -0.05) is 71.4 Å². The van der Waals surface area contributed by atoms with Crippen LogP contribution in [0.1, 0.15) is 115 Å². The van der Waals surface area contributed by atoms with Crippen LogP contribution in [0.3, 0.4) is 0 Å². The number of benzene rings is 1. The van der Waals surface area contributed by atoms with E-state index in [2.05, 4.69) is 10.3 Å². The summed E-state index contributed by atoms with van der Waals surface area (Å²) in [5, 5.41) is 16.3. The van der Waals surface area contributed by atoms with Gasteiger partial charge in [-0.15, -0.1) is 11.3 Å². The largest absolute Gasteiger partial charge is 0.466 e. The first-order valence-corrected chi connectivity index (χ1v) is 18.0. The Hall–Kier alpha value is -3.31. The molecular weight excluding hydrogens is 630 g/mol. The molecule has 268 valence electrons. The van der Waals surface area contributed by atoms with Crippen molar-refractivity contribution >= 4 is 35.1 Å². The average molecular weight is 688 g/mol. The third-order valence-electron chi connectivity index (χ3n) is 8.56. The van der Waals surface area contributed by atoms with E-state index in [9.17, 15) is 24.3 Å². The summed E-state index contributed by atoms with van der Waals surface area (Å²) in [5.41, 5.74) is 0.549. The van der Waals surface area contributed by atoms with E-state index in [0.717, 1.165) is 12.0 Å². The summed E-state index contributed by atoms with van der Waals surface area (Å²) in [6.07, 6.45) is 0.814. The number of aliphatic hydroxyl groups excluding tert-OH is 1. The SMILES string of the molecule is CCOC(=O)[C@@H](C)C[C@H](Cc1ccccc1)NC(=O)c1csc([C@H](O)C[C@H](C(C)C)N(C)C(=O)[C@@H](CC(=O)OC(C)(C)C)[C@@H](C)CC)n1. The molecule has 2 amide bonds. The summed E-state index contributed by atoms with van der Waals surface area (Å²) in [5.74, 6) is -2.30. The smallest absolute Gasteiger partial charge is 0.308 e. The molecule has 0 radical (unpaired) electrons. The van der Waals surface area contributed by atoms with Crippen molar-refractivity contribution < 1.29 is 33.8 Å². The van der Waals surface area contributed by atoms with Crippen molar-refractivity contribution in [2.75, 3.05) is 13.7 Å². The Morgan fingerprint density at radius 2 is 1.67 bits per heavy atom. The lowest BCUT2D eigenvalue weighted by atomic mass is 9.86. The van der Waals surface area contributed by atoms with E-state index in [0.29, 0.717) is 17.8 Å². The minimum Gasteiger partial charge on any atom is -0.466 e. The van der Waals surface area contributed by atoms with Crippen molar-refractivity contribution in [3.05, 3.63) is 52.0 Å². The van der Waals surface area contributed by atoms with Gasteiger partial charge in [-0.25, -0.2) is 4.98 Å². The molecule has 2 rings (SSSR count). The fraction of sp³-hybridized carbons (Fsp3) is 0.649. The first-order valence-electron chi connectivity index (χ1n) is 17.1. The monoisotopic (exact) mass is 687 g/mol. The highest BCUT2D eigenvalue weighted by Crippen LogP contribution is 2.30. The van der Waals surface area contributed by atoms with Gasteiger partial charge in [0.05, 0.1) is 24.9 Å². The number of esters is 2. The van der Waals surface area contributed by atoms with Gasteiger partial charge in [0.2, 0.25) is 5.91 Å². The van der Waals surface area contributed by atoms with E-state index >= 15 is 0 Å². The molecule has 6 atom stereocenters. The zero-order valence-electron chi connectivity index (χ0n) is 30.4. The third-order valence-corrected chi connectivity index (χ3v) is 9.51. The van der Waals surface area contributed by atoms with Crippen LogP contribution in [0.25, 0.3) is 0 Å². The van der Waals surface area contributed by atoms with Crippen LogP contribution in [-0.4, -0.2) is 70.1 Å². The Kier molecular flexibility index (Phi) is 16.2. The quantitative estimate of drug-likeness (QED) is 0.173. The van der Waals surface area contributed by atoms with Crippen LogP contribution in [0.15, 0.2) is 35.7 Å². The van der Waals surface area contributed by atoms with Crippen LogP contribution in [0.2, 0.25) is 0 Å². The molecule has 1 aromatic carbocycles. The number of hydrogen-bond donors (Lipinski definition) is 2. The Morgan fingerprint density at radius 1 is 1.02 bits per heavy atom. The van der Waals surface area contributed by atoms with Crippen molar-refractivity contribution in [2.45, 2.75) is 118 Å². The molecule has 0 saturated heterocycles. The lowest BCUT2D eigenvalue weighted by Gasteiger charge is -2.36. The van der Waals surface area contributed by atoms with E-state index in [4.69, 9.17) is 9.47 Å². The highest BCUT2D eigenvalue weighted by Gasteiger charge is 2.35. The molecule has 0 spiro atoms. The third kappa shape index (κ3) is 13.0. The molecule has 2 aromatic rings. The lowest BCUT2D eigenvalue weighted by Crippen LogP contribution is -2.46. The van der Waals surface area contributed by atoms with E-state index in [1.165, 1.54) is 11.3 Å². The van der Waals surface area contributed by atoms with Gasteiger partial charge in [-0.3, -0.25) is 19.2 Å². The molecule has 1 heterocycles. The molecule has 48 heavy (non-hydrogen) atoms. The predicted molar refractivity (Wildman–Crippen MR) is 188 cm³/mol. The first kappa shape index (κ1) is 40.9. The number of thiazole rings is 1. The van der Waals surface area contributed by atoms with Crippen molar-refractivity contribution in [1.82, 2.24) is 15.2 Å². The number of carbonyl (C=O) groups is 4. The summed E-state index contributed by atoms with van der Waals surface area (Å²) < 4.78 is 10.7. The predicted octanol–water partition coefficient (Wildman–Crippen LogP) is 6.37. The Bertz CT molecular complexity index is 1320. The van der Waals surface area contributed by atoms with Gasteiger partial charge < -0.3 is 24.8 Å². The minimum atomic E-state index is -1.02. The molecule has 0 aliphatic carbocycles. The van der Waals surface area contributed by atoms with Gasteiger partial charge in [-0.2, -0.15) is 0 Å². The standard InChI is InChI=1S/C37H57N3O7S/c1-11-24(5)28(20-32(42)47-37(7,8)9)35(44)40(10)30(23(3)4)21-31(41)34-39-29(22-48-34)33(43)38-27(18-25(6)36(45)46-12-2)19-26-16-14-13-15-17-26/h13-17,22-25,27-28,30-31,41H,11-12,18-21H2,1-10H3,(H,38,43)/t24-,25-,27+,28-,30+,31+/m0/s1. The summed E-state index contributed by atoms with van der Waals surface area (Å²) in [7, 11) is 1.72. The summed E-state index contributed by atoms with van der Waals surface area (Å²) in [6, 6.07) is 9.03. The molecule has 0 aliphatic heterocycles. The van der Waals surface area contributed by atoms with Crippen molar-refractivity contribution in [3.63, 3.8) is 0 Å². The zero-order valence-corrected chi connectivity index (χ0v) is 31.3. The number of hydrogen-bond acceptors (Lipinski definition) is 9. The fourth-order valence-corrected chi connectivity index (χ4v) is 6.51. The average Bonchev–Trinajstić information content (AvgIpc) is 3.52. The highest BCUT2D eigenvalue weighted by atomic mass is 32.1. The Morgan fingerprint density at radius 3 is 2.23 bits per heavy atom. The van der Waals surface area contributed by atoms with Crippen molar-refractivity contribution in [2.24, 2.45) is 23.7 Å². The molecule has 0 saturated carbocycles. The van der Waals surface area contributed by atoms with Crippen LogP contribution in [0.4, 0.5) is 0 Å². The summed E-state index contributed by atoms with van der Waals surface area (Å²) in [6.45, 7) is 17.2. The number of carbonyl (C=O) groups excluding carboxylic acids is 4. The molecule has 10 nitrogen and oxygen atoms in total. The number of nitrogens with one attached hydrogen (secondary N) is 1. The molecule has 1 aromatic heterocycles. The van der Waals surface area contributed by atoms with Crippen molar-refractivity contribution in [1.29, 1.82) is 0 Å². The van der Waals surface area contributed by atoms with Gasteiger partial charge in [0.25, 0.3) is 5.91 Å². The topological polar surface area (TPSA) is 135 Å². The maximum Gasteiger partial charge on any atom is 0.308 e. The van der Waals surface area contributed by atoms with Gasteiger partial charge in [-0.05, 0) is 57.9 Å². The number of nitrogens with zero attached hydrogens (tertiary/aromatic N) is 2. The van der Waals surface area contributed by atoms with E-state index in [1.54, 1.807) is 51.9 Å². The fourth-order valence-electron chi connectivity index (χ4n) is 5.71. The highest BCUT2D eigenvalue weighted by molar-refractivity contribution is 7.09. The second-order valence-corrected chi connectivity index (χ2v) is 15.0. The number of amides is 2. The number of aliphatic hydroxyl groups is 1. The minimum absolute atomic E-state index is 0.00410. The maximum absolute atomic E-state index is 13.8. The van der Waals surface area contributed by atoms with Gasteiger partial charge >= 0.3 is 11.9 Å². The molecule has 0 aliphatic rings. The van der Waals surface area contributed by atoms with Gasteiger partial charge in [0.1, 0.15) is 22.4 Å². The second-order valence-electron chi connectivity index (χ2n) is 14.1. The molecule has 11 heteroatoms. The molecule has 0 fully saturated rings. The summed E-state index contributed by atoms with van der Waals surface area (Å²) >= 11 is 1.18. The molecule has 0 bridgehead atoms. The van der Waals surface area contributed by atoms with Crippen LogP contribution >= 0.6 is 11.3 Å². The van der Waals surface area contributed by atoms with E-state index in [-0.39, 0.29) is 60.9 Å². The number of ether oxygens (including phenoxy) is 2. The van der Waals surface area contributed by atoms with E-state index < -0.39 is 35.4 Å².